The second-order valence-corrected chi connectivity index (χ2v) is 7.00. The Balaban J connectivity index is 2.00. The lowest BCUT2D eigenvalue weighted by molar-refractivity contribution is -0.142. The van der Waals surface area contributed by atoms with Crippen molar-refractivity contribution in [2.75, 3.05) is 12.3 Å². The number of esters is 1. The van der Waals surface area contributed by atoms with Gasteiger partial charge in [-0.15, -0.1) is 0 Å². The number of Topliss-reactive ketones (excluding diaryl/α,β-unsaturated/α-hetero) is 2. The van der Waals surface area contributed by atoms with Crippen LogP contribution < -0.4 is 17.0 Å². The fourth-order valence-electron chi connectivity index (χ4n) is 2.98. The minimum absolute atomic E-state index is 0.0680. The third-order valence-electron chi connectivity index (χ3n) is 4.58. The number of nitrogens with two attached hydrogens (primary N) is 1. The first-order chi connectivity index (χ1) is 14.1. The molecule has 3 N–H and O–H groups in total. The molecule has 0 bridgehead atoms. The molecule has 1 aromatic heterocycles. The molecule has 1 heterocycles. The fourth-order valence-corrected chi connectivity index (χ4v) is 2.98. The lowest BCUT2D eigenvalue weighted by Crippen LogP contribution is -2.37. The van der Waals surface area contributed by atoms with Crippen LogP contribution in [0.15, 0.2) is 27.8 Å². The normalized spacial score (nSPS) is 10.6. The summed E-state index contributed by atoms with van der Waals surface area (Å²) < 4.78 is 5.98. The standard InChI is InChI=1S/C21H25N3O6/c1-4-9-24-19(22)18(20(28)23-21(24)29)16(26)11-30-17(27)8-7-15(25)14-10-12(2)5-6-13(14)3/h5-6,10H,4,7-9,11,22H2,1-3H3,(H,23,28,29). The largest absolute Gasteiger partial charge is 0.457 e. The number of anilines is 1. The van der Waals surface area contributed by atoms with Crippen LogP contribution in [-0.4, -0.2) is 33.7 Å². The Labute approximate surface area is 172 Å². The molecule has 0 aliphatic heterocycles. The van der Waals surface area contributed by atoms with Gasteiger partial charge in [0, 0.05) is 18.5 Å². The quantitative estimate of drug-likeness (QED) is 0.467. The second kappa shape index (κ2) is 9.82. The lowest BCUT2D eigenvalue weighted by atomic mass is 9.99. The number of H-pyrrole nitrogens is 1. The van der Waals surface area contributed by atoms with Gasteiger partial charge in [-0.1, -0.05) is 24.6 Å². The van der Waals surface area contributed by atoms with Crippen molar-refractivity contribution >= 4 is 23.4 Å². The van der Waals surface area contributed by atoms with E-state index >= 15 is 0 Å². The van der Waals surface area contributed by atoms with Crippen LogP contribution >= 0.6 is 0 Å². The van der Waals surface area contributed by atoms with Gasteiger partial charge in [-0.3, -0.25) is 28.7 Å². The molecule has 0 atom stereocenters. The summed E-state index contributed by atoms with van der Waals surface area (Å²) in [6.07, 6.45) is 0.287. The third-order valence-corrected chi connectivity index (χ3v) is 4.58. The van der Waals surface area contributed by atoms with E-state index in [1.165, 1.54) is 0 Å². The molecule has 160 valence electrons. The molecule has 0 unspecified atom stereocenters. The van der Waals surface area contributed by atoms with Crippen LogP contribution in [-0.2, 0) is 16.1 Å². The van der Waals surface area contributed by atoms with E-state index in [0.29, 0.717) is 12.0 Å². The van der Waals surface area contributed by atoms with E-state index in [1.54, 1.807) is 13.0 Å². The molecule has 0 saturated heterocycles. The van der Waals surface area contributed by atoms with Gasteiger partial charge in [0.1, 0.15) is 11.4 Å². The molecular formula is C21H25N3O6. The van der Waals surface area contributed by atoms with Crippen molar-refractivity contribution in [3.63, 3.8) is 0 Å². The zero-order valence-electron chi connectivity index (χ0n) is 17.2. The molecule has 0 saturated carbocycles. The number of ketones is 2. The molecule has 2 aromatic rings. The zero-order chi connectivity index (χ0) is 22.4. The molecule has 0 spiro atoms. The molecule has 9 nitrogen and oxygen atoms in total. The minimum Gasteiger partial charge on any atom is -0.457 e. The van der Waals surface area contributed by atoms with Crippen molar-refractivity contribution < 1.29 is 19.1 Å². The second-order valence-electron chi connectivity index (χ2n) is 7.00. The molecule has 9 heteroatoms. The molecule has 0 aliphatic carbocycles. The van der Waals surface area contributed by atoms with Crippen LogP contribution in [0.3, 0.4) is 0 Å². The van der Waals surface area contributed by atoms with E-state index < -0.39 is 35.2 Å². The Morgan fingerprint density at radius 3 is 2.47 bits per heavy atom. The molecule has 0 aliphatic rings. The van der Waals surface area contributed by atoms with Gasteiger partial charge in [-0.2, -0.15) is 0 Å². The molecule has 30 heavy (non-hydrogen) atoms. The summed E-state index contributed by atoms with van der Waals surface area (Å²) in [5.41, 5.74) is 6.02. The molecule has 1 aromatic carbocycles. The van der Waals surface area contributed by atoms with Gasteiger partial charge in [0.2, 0.25) is 5.78 Å². The number of aryl methyl sites for hydroxylation is 2. The minimum atomic E-state index is -0.934. The number of ether oxygens (including phenoxy) is 1. The Morgan fingerprint density at radius 1 is 1.10 bits per heavy atom. The van der Waals surface area contributed by atoms with Gasteiger partial charge in [0.25, 0.3) is 5.56 Å². The van der Waals surface area contributed by atoms with E-state index in [0.717, 1.165) is 15.7 Å². The predicted octanol–water partition coefficient (Wildman–Crippen LogP) is 1.53. The number of carbonyl (C=O) groups excluding carboxylic acids is 3. The van der Waals surface area contributed by atoms with E-state index in [1.807, 2.05) is 31.0 Å². The Morgan fingerprint density at radius 2 is 1.80 bits per heavy atom. The fraction of sp³-hybridized carbons (Fsp3) is 0.381. The van der Waals surface area contributed by atoms with Gasteiger partial charge in [-0.25, -0.2) is 4.79 Å². The van der Waals surface area contributed by atoms with E-state index in [4.69, 9.17) is 10.5 Å². The molecule has 0 amide bonds. The number of benzene rings is 1. The van der Waals surface area contributed by atoms with Crippen molar-refractivity contribution in [3.05, 3.63) is 61.3 Å². The summed E-state index contributed by atoms with van der Waals surface area (Å²) >= 11 is 0. The number of aromatic amines is 1. The van der Waals surface area contributed by atoms with Gasteiger partial charge in [-0.05, 0) is 31.9 Å². The van der Waals surface area contributed by atoms with Gasteiger partial charge in [0.15, 0.2) is 12.4 Å². The molecular weight excluding hydrogens is 390 g/mol. The number of hydrogen-bond donors (Lipinski definition) is 2. The van der Waals surface area contributed by atoms with Crippen LogP contribution in [0.1, 0.15) is 58.0 Å². The Bertz CT molecular complexity index is 1100. The summed E-state index contributed by atoms with van der Waals surface area (Å²) in [5, 5.41) is 0. The topological polar surface area (TPSA) is 141 Å². The number of nitrogen functional groups attached to an aromatic ring is 1. The average molecular weight is 415 g/mol. The Kier molecular flexibility index (Phi) is 7.46. The predicted molar refractivity (Wildman–Crippen MR) is 111 cm³/mol. The van der Waals surface area contributed by atoms with Crippen LogP contribution in [0.25, 0.3) is 0 Å². The van der Waals surface area contributed by atoms with Gasteiger partial charge >= 0.3 is 11.7 Å². The number of rotatable bonds is 9. The summed E-state index contributed by atoms with van der Waals surface area (Å²) in [4.78, 5) is 62.5. The van der Waals surface area contributed by atoms with Gasteiger partial charge < -0.3 is 10.5 Å². The maximum atomic E-state index is 12.3. The first kappa shape index (κ1) is 22.8. The number of nitrogens with one attached hydrogen (secondary N) is 1. The van der Waals surface area contributed by atoms with E-state index in [-0.39, 0.29) is 31.0 Å². The highest BCUT2D eigenvalue weighted by Gasteiger charge is 2.21. The zero-order valence-corrected chi connectivity index (χ0v) is 17.2. The van der Waals surface area contributed by atoms with Crippen molar-refractivity contribution in [1.29, 1.82) is 0 Å². The maximum Gasteiger partial charge on any atom is 0.329 e. The van der Waals surface area contributed by atoms with Crippen molar-refractivity contribution in [1.82, 2.24) is 9.55 Å². The smallest absolute Gasteiger partial charge is 0.329 e. The summed E-state index contributed by atoms with van der Waals surface area (Å²) in [6.45, 7) is 4.99. The van der Waals surface area contributed by atoms with Crippen molar-refractivity contribution in [2.24, 2.45) is 0 Å². The third kappa shape index (κ3) is 5.31. The number of hydrogen-bond acceptors (Lipinski definition) is 7. The van der Waals surface area contributed by atoms with E-state index in [2.05, 4.69) is 0 Å². The summed E-state index contributed by atoms with van der Waals surface area (Å²) in [6, 6.07) is 5.48. The van der Waals surface area contributed by atoms with Crippen LogP contribution in [0.5, 0.6) is 0 Å². The first-order valence-electron chi connectivity index (χ1n) is 9.57. The summed E-state index contributed by atoms with van der Waals surface area (Å²) in [7, 11) is 0. The molecule has 2 rings (SSSR count). The highest BCUT2D eigenvalue weighted by atomic mass is 16.5. The lowest BCUT2D eigenvalue weighted by Gasteiger charge is -2.11. The highest BCUT2D eigenvalue weighted by molar-refractivity contribution is 6.02. The highest BCUT2D eigenvalue weighted by Crippen LogP contribution is 2.14. The first-order valence-corrected chi connectivity index (χ1v) is 9.57. The maximum absolute atomic E-state index is 12.3. The monoisotopic (exact) mass is 415 g/mol. The van der Waals surface area contributed by atoms with Crippen LogP contribution in [0, 0.1) is 13.8 Å². The van der Waals surface area contributed by atoms with Crippen molar-refractivity contribution in [3.8, 4) is 0 Å². The van der Waals surface area contributed by atoms with Crippen molar-refractivity contribution in [2.45, 2.75) is 46.6 Å². The van der Waals surface area contributed by atoms with E-state index in [9.17, 15) is 24.0 Å². The molecule has 0 radical (unpaired) electrons. The van der Waals surface area contributed by atoms with Crippen LogP contribution in [0.4, 0.5) is 5.82 Å². The average Bonchev–Trinajstić information content (AvgIpc) is 2.69. The summed E-state index contributed by atoms with van der Waals surface area (Å²) in [5.74, 6) is -2.05. The SMILES string of the molecule is CCCn1c(N)c(C(=O)COC(=O)CCC(=O)c2cc(C)ccc2C)c(=O)[nH]c1=O. The van der Waals surface area contributed by atoms with Gasteiger partial charge in [0.05, 0.1) is 6.42 Å². The number of aromatic nitrogens is 2. The molecule has 0 fully saturated rings. The number of nitrogens with zero attached hydrogens (tertiary/aromatic N) is 1. The number of carbonyl (C=O) groups is 3. The van der Waals surface area contributed by atoms with Crippen LogP contribution in [0.2, 0.25) is 0 Å². The Hall–Kier alpha value is -3.49.